The molecule has 0 saturated carbocycles. The molecule has 0 bridgehead atoms. The van der Waals surface area contributed by atoms with Crippen LogP contribution in [0.1, 0.15) is 150 Å². The number of esters is 2. The van der Waals surface area contributed by atoms with Gasteiger partial charge in [0.1, 0.15) is 0 Å². The molecule has 0 spiro atoms. The molecule has 0 aromatic rings. The van der Waals surface area contributed by atoms with Crippen LogP contribution in [0.15, 0.2) is 23.7 Å². The molecule has 0 amide bonds. The van der Waals surface area contributed by atoms with Crippen molar-refractivity contribution in [2.75, 3.05) is 0 Å². The fraction of sp³-hybridized carbons (Fsp3) is 0.800. The molecule has 0 radical (unpaired) electrons. The number of carbonyl (C=O) groups is 2. The Morgan fingerprint density at radius 3 is 1.59 bits per heavy atom. The van der Waals surface area contributed by atoms with Crippen LogP contribution in [0.4, 0.5) is 0 Å². The lowest BCUT2D eigenvalue weighted by atomic mass is 9.72. The van der Waals surface area contributed by atoms with Crippen LogP contribution >= 0.6 is 0 Å². The van der Waals surface area contributed by atoms with Crippen LogP contribution < -0.4 is 0 Å². The van der Waals surface area contributed by atoms with Gasteiger partial charge in [-0.1, -0.05) is 124 Å². The van der Waals surface area contributed by atoms with E-state index in [0.29, 0.717) is 30.8 Å². The van der Waals surface area contributed by atoms with E-state index in [2.05, 4.69) is 19.9 Å². The zero-order valence-corrected chi connectivity index (χ0v) is 22.7. The SMILES string of the molecule is CCCCCCCCCCC1(CCCCCCCC)C=CC(OC(=O)CC)=C(OC(=O)CC)C1. The Morgan fingerprint density at radius 2 is 1.12 bits per heavy atom. The van der Waals surface area contributed by atoms with Crippen LogP contribution in [0.25, 0.3) is 0 Å². The molecule has 4 nitrogen and oxygen atoms in total. The molecular formula is C30H52O4. The van der Waals surface area contributed by atoms with E-state index in [1.54, 1.807) is 13.8 Å². The van der Waals surface area contributed by atoms with E-state index in [1.165, 1.54) is 89.9 Å². The minimum atomic E-state index is -0.295. The maximum absolute atomic E-state index is 12.1. The molecule has 0 fully saturated rings. The number of rotatable bonds is 20. The normalized spacial score (nSPS) is 17.8. The second-order valence-corrected chi connectivity index (χ2v) is 10.1. The van der Waals surface area contributed by atoms with Crippen molar-refractivity contribution in [3.63, 3.8) is 0 Å². The Morgan fingerprint density at radius 1 is 0.676 bits per heavy atom. The highest BCUT2D eigenvalue weighted by molar-refractivity contribution is 5.72. The Bertz CT molecular complexity index is 634. The van der Waals surface area contributed by atoms with Gasteiger partial charge >= 0.3 is 11.9 Å². The van der Waals surface area contributed by atoms with Crippen molar-refractivity contribution < 1.29 is 19.1 Å². The zero-order valence-electron chi connectivity index (χ0n) is 22.7. The second-order valence-electron chi connectivity index (χ2n) is 10.1. The van der Waals surface area contributed by atoms with Crippen molar-refractivity contribution in [1.29, 1.82) is 0 Å². The third-order valence-electron chi connectivity index (χ3n) is 6.97. The highest BCUT2D eigenvalue weighted by Crippen LogP contribution is 2.44. The molecule has 1 rings (SSSR count). The van der Waals surface area contributed by atoms with Crippen molar-refractivity contribution in [3.05, 3.63) is 23.7 Å². The maximum Gasteiger partial charge on any atom is 0.311 e. The Labute approximate surface area is 209 Å². The van der Waals surface area contributed by atoms with E-state index in [4.69, 9.17) is 9.47 Å². The molecule has 0 aromatic carbocycles. The Kier molecular flexibility index (Phi) is 16.8. The van der Waals surface area contributed by atoms with E-state index < -0.39 is 0 Å². The van der Waals surface area contributed by atoms with E-state index >= 15 is 0 Å². The van der Waals surface area contributed by atoms with Gasteiger partial charge in [-0.2, -0.15) is 0 Å². The quantitative estimate of drug-likeness (QED) is 0.130. The number of ether oxygens (including phenoxy) is 2. The van der Waals surface area contributed by atoms with E-state index in [0.717, 1.165) is 12.8 Å². The summed E-state index contributed by atoms with van der Waals surface area (Å²) in [6.07, 6.45) is 25.6. The third-order valence-corrected chi connectivity index (χ3v) is 6.97. The molecule has 0 aliphatic heterocycles. The summed E-state index contributed by atoms with van der Waals surface area (Å²) >= 11 is 0. The first-order chi connectivity index (χ1) is 16.5. The van der Waals surface area contributed by atoms with Gasteiger partial charge in [0, 0.05) is 19.3 Å². The van der Waals surface area contributed by atoms with Crippen molar-refractivity contribution in [2.24, 2.45) is 5.41 Å². The van der Waals surface area contributed by atoms with Crippen molar-refractivity contribution in [2.45, 2.75) is 150 Å². The summed E-state index contributed by atoms with van der Waals surface area (Å²) in [7, 11) is 0. The van der Waals surface area contributed by atoms with Crippen LogP contribution in [0.5, 0.6) is 0 Å². The summed E-state index contributed by atoms with van der Waals surface area (Å²) in [4.78, 5) is 24.1. The number of allylic oxidation sites excluding steroid dienone is 3. The number of carbonyl (C=O) groups excluding carboxylic acids is 2. The molecule has 1 unspecified atom stereocenters. The van der Waals surface area contributed by atoms with Gasteiger partial charge in [-0.15, -0.1) is 0 Å². The molecule has 0 N–H and O–H groups in total. The first kappa shape index (κ1) is 30.5. The molecule has 196 valence electrons. The fourth-order valence-electron chi connectivity index (χ4n) is 4.73. The van der Waals surface area contributed by atoms with Crippen molar-refractivity contribution >= 4 is 11.9 Å². The van der Waals surface area contributed by atoms with Crippen LogP contribution in [-0.2, 0) is 19.1 Å². The van der Waals surface area contributed by atoms with Gasteiger partial charge in [-0.3, -0.25) is 9.59 Å². The number of hydrogen-bond donors (Lipinski definition) is 0. The largest absolute Gasteiger partial charge is 0.427 e. The van der Waals surface area contributed by atoms with Crippen LogP contribution in [-0.4, -0.2) is 11.9 Å². The first-order valence-corrected chi connectivity index (χ1v) is 14.3. The molecule has 34 heavy (non-hydrogen) atoms. The van der Waals surface area contributed by atoms with Gasteiger partial charge < -0.3 is 9.47 Å². The van der Waals surface area contributed by atoms with Crippen LogP contribution in [0.3, 0.4) is 0 Å². The molecule has 1 aliphatic carbocycles. The van der Waals surface area contributed by atoms with Crippen LogP contribution in [0.2, 0.25) is 0 Å². The summed E-state index contributed by atoms with van der Waals surface area (Å²) in [6.45, 7) is 8.08. The topological polar surface area (TPSA) is 52.6 Å². The lowest BCUT2D eigenvalue weighted by molar-refractivity contribution is -0.143. The summed E-state index contributed by atoms with van der Waals surface area (Å²) < 4.78 is 11.2. The van der Waals surface area contributed by atoms with Crippen LogP contribution in [0, 0.1) is 5.41 Å². The first-order valence-electron chi connectivity index (χ1n) is 14.3. The van der Waals surface area contributed by atoms with E-state index in [1.807, 2.05) is 6.08 Å². The Hall–Kier alpha value is -1.58. The minimum absolute atomic E-state index is 0.0154. The van der Waals surface area contributed by atoms with Gasteiger partial charge in [-0.25, -0.2) is 0 Å². The zero-order chi connectivity index (χ0) is 25.1. The average Bonchev–Trinajstić information content (AvgIpc) is 2.84. The average molecular weight is 477 g/mol. The molecule has 1 aliphatic rings. The summed E-state index contributed by atoms with van der Waals surface area (Å²) in [5, 5.41) is 0. The standard InChI is InChI=1S/C30H52O4/c1-5-9-11-13-15-16-18-20-23-30(22-19-17-14-12-10-6-2)24-21-26(33-28(31)7-3)27(25-30)34-29(32)8-4/h21,24H,5-20,22-23,25H2,1-4H3. The smallest absolute Gasteiger partial charge is 0.311 e. The second kappa shape index (κ2) is 18.7. The third kappa shape index (κ3) is 12.8. The highest BCUT2D eigenvalue weighted by atomic mass is 16.6. The predicted octanol–water partition coefficient (Wildman–Crippen LogP) is 9.33. The molecule has 0 heterocycles. The van der Waals surface area contributed by atoms with E-state index in [-0.39, 0.29) is 17.4 Å². The number of hydrogen-bond acceptors (Lipinski definition) is 4. The summed E-state index contributed by atoms with van der Waals surface area (Å²) in [5.74, 6) is 0.400. The number of unbranched alkanes of at least 4 members (excludes halogenated alkanes) is 12. The summed E-state index contributed by atoms with van der Waals surface area (Å²) in [6, 6.07) is 0. The maximum atomic E-state index is 12.1. The Balaban J connectivity index is 2.79. The van der Waals surface area contributed by atoms with Crippen molar-refractivity contribution in [1.82, 2.24) is 0 Å². The van der Waals surface area contributed by atoms with Gasteiger partial charge in [0.25, 0.3) is 0 Å². The van der Waals surface area contributed by atoms with Crippen molar-refractivity contribution in [3.8, 4) is 0 Å². The van der Waals surface area contributed by atoms with Gasteiger partial charge in [-0.05, 0) is 24.3 Å². The van der Waals surface area contributed by atoms with Gasteiger partial charge in [0.15, 0.2) is 11.5 Å². The molecular weight excluding hydrogens is 424 g/mol. The van der Waals surface area contributed by atoms with Gasteiger partial charge in [0.05, 0.1) is 0 Å². The molecule has 0 aromatic heterocycles. The van der Waals surface area contributed by atoms with E-state index in [9.17, 15) is 9.59 Å². The summed E-state index contributed by atoms with van der Waals surface area (Å²) in [5.41, 5.74) is -0.0154. The monoisotopic (exact) mass is 476 g/mol. The molecule has 0 saturated heterocycles. The highest BCUT2D eigenvalue weighted by Gasteiger charge is 2.34. The molecule has 1 atom stereocenters. The molecule has 4 heteroatoms. The predicted molar refractivity (Wildman–Crippen MR) is 141 cm³/mol. The minimum Gasteiger partial charge on any atom is -0.427 e. The lowest BCUT2D eigenvalue weighted by Crippen LogP contribution is -2.25. The van der Waals surface area contributed by atoms with Gasteiger partial charge in [0.2, 0.25) is 0 Å². The fourth-order valence-corrected chi connectivity index (χ4v) is 4.73. The lowest BCUT2D eigenvalue weighted by Gasteiger charge is -2.35.